The molecule has 1 aromatic rings. The highest BCUT2D eigenvalue weighted by Gasteiger charge is 2.40. The van der Waals surface area contributed by atoms with Crippen molar-refractivity contribution in [3.8, 4) is 0 Å². The zero-order valence-corrected chi connectivity index (χ0v) is 18.9. The summed E-state index contributed by atoms with van der Waals surface area (Å²) in [5.41, 5.74) is -0.346. The number of carbonyl (C=O) groups is 3. The number of ether oxygens (including phenoxy) is 2. The predicted molar refractivity (Wildman–Crippen MR) is 118 cm³/mol. The Morgan fingerprint density at radius 1 is 1.03 bits per heavy atom. The number of nitro groups is 1. The first-order valence-electron chi connectivity index (χ1n) is 10.8. The molecule has 0 amide bonds. The number of aliphatic carboxylic acids is 1. The van der Waals surface area contributed by atoms with Crippen molar-refractivity contribution in [3.05, 3.63) is 63.5 Å². The normalized spacial score (nSPS) is 14.7. The van der Waals surface area contributed by atoms with Gasteiger partial charge in [0.15, 0.2) is 0 Å². The molecule has 1 aliphatic heterocycles. The van der Waals surface area contributed by atoms with Crippen molar-refractivity contribution in [1.82, 2.24) is 4.90 Å². The number of hydrogen-bond acceptors (Lipinski definition) is 8. The summed E-state index contributed by atoms with van der Waals surface area (Å²) in [6.07, 6.45) is 3.82. The second-order valence-corrected chi connectivity index (χ2v) is 7.40. The zero-order chi connectivity index (χ0) is 24.5. The zero-order valence-electron chi connectivity index (χ0n) is 18.9. The summed E-state index contributed by atoms with van der Waals surface area (Å²) in [6, 6.07) is 4.70. The van der Waals surface area contributed by atoms with Crippen molar-refractivity contribution in [2.75, 3.05) is 13.2 Å². The van der Waals surface area contributed by atoms with Crippen LogP contribution in [-0.2, 0) is 23.9 Å². The maximum Gasteiger partial charge on any atom is 0.336 e. The molecule has 0 bridgehead atoms. The van der Waals surface area contributed by atoms with Gasteiger partial charge in [0.25, 0.3) is 5.69 Å². The molecular weight excluding hydrogens is 432 g/mol. The Morgan fingerprint density at radius 2 is 1.55 bits per heavy atom. The maximum absolute atomic E-state index is 13.0. The molecule has 0 radical (unpaired) electrons. The van der Waals surface area contributed by atoms with Crippen LogP contribution in [0.4, 0.5) is 5.69 Å². The number of esters is 2. The Labute approximate surface area is 191 Å². The molecule has 0 fully saturated rings. The van der Waals surface area contributed by atoms with E-state index in [1.54, 1.807) is 26.8 Å². The number of rotatable bonds is 11. The minimum absolute atomic E-state index is 0.0802. The highest BCUT2D eigenvalue weighted by molar-refractivity contribution is 5.99. The first kappa shape index (κ1) is 25.6. The quantitative estimate of drug-likeness (QED) is 0.299. The number of nitro benzene ring substituents is 1. The molecule has 10 heteroatoms. The van der Waals surface area contributed by atoms with Crippen molar-refractivity contribution in [3.63, 3.8) is 0 Å². The van der Waals surface area contributed by atoms with E-state index < -0.39 is 34.8 Å². The summed E-state index contributed by atoms with van der Waals surface area (Å²) in [5, 5.41) is 21.4. The van der Waals surface area contributed by atoms with Crippen LogP contribution in [0.3, 0.4) is 0 Å². The Morgan fingerprint density at radius 3 is 1.97 bits per heavy atom. The smallest absolute Gasteiger partial charge is 0.336 e. The number of hydrogen-bond donors (Lipinski definition) is 1. The van der Waals surface area contributed by atoms with E-state index >= 15 is 0 Å². The van der Waals surface area contributed by atoms with Gasteiger partial charge >= 0.3 is 17.9 Å². The standard InChI is InChI=1S/C23H28N2O8/c1-4-11-32-22(28)16-13-24(18(6-3)21(26)27)14-17(23(29)33-12-5-2)20(16)15-9-7-8-10-19(15)25(30)31/h7-10,13-14,18,20H,4-6,11-12H2,1-3H3,(H,26,27). The third-order valence-corrected chi connectivity index (χ3v) is 5.02. The maximum atomic E-state index is 13.0. The van der Waals surface area contributed by atoms with Gasteiger partial charge in [0, 0.05) is 24.0 Å². The lowest BCUT2D eigenvalue weighted by Gasteiger charge is -2.32. The second-order valence-electron chi connectivity index (χ2n) is 7.40. The molecular formula is C23H28N2O8. The lowest BCUT2D eigenvalue weighted by atomic mass is 9.82. The molecule has 0 saturated carbocycles. The van der Waals surface area contributed by atoms with E-state index in [9.17, 15) is 29.6 Å². The fourth-order valence-corrected chi connectivity index (χ4v) is 3.50. The summed E-state index contributed by atoms with van der Waals surface area (Å²) in [6.45, 7) is 5.45. The number of carbonyl (C=O) groups excluding carboxylic acids is 2. The van der Waals surface area contributed by atoms with Crippen LogP contribution in [0.2, 0.25) is 0 Å². The molecule has 0 spiro atoms. The molecule has 1 unspecified atom stereocenters. The fourth-order valence-electron chi connectivity index (χ4n) is 3.50. The Kier molecular flexibility index (Phi) is 9.14. The van der Waals surface area contributed by atoms with Crippen LogP contribution >= 0.6 is 0 Å². The van der Waals surface area contributed by atoms with Crippen LogP contribution in [-0.4, -0.2) is 52.1 Å². The lowest BCUT2D eigenvalue weighted by Crippen LogP contribution is -2.38. The number of carboxylic acids is 1. The van der Waals surface area contributed by atoms with Gasteiger partial charge in [0.05, 0.1) is 35.2 Å². The minimum Gasteiger partial charge on any atom is -0.480 e. The predicted octanol–water partition coefficient (Wildman–Crippen LogP) is 3.53. The van der Waals surface area contributed by atoms with Gasteiger partial charge in [0.1, 0.15) is 6.04 Å². The Bertz CT molecular complexity index is 931. The van der Waals surface area contributed by atoms with E-state index in [1.165, 1.54) is 35.5 Å². The average molecular weight is 460 g/mol. The largest absolute Gasteiger partial charge is 0.480 e. The highest BCUT2D eigenvalue weighted by atomic mass is 16.6. The number of para-hydroxylation sites is 1. The van der Waals surface area contributed by atoms with Crippen molar-refractivity contribution >= 4 is 23.6 Å². The monoisotopic (exact) mass is 460 g/mol. The van der Waals surface area contributed by atoms with Crippen molar-refractivity contribution in [2.24, 2.45) is 0 Å². The van der Waals surface area contributed by atoms with Crippen molar-refractivity contribution in [2.45, 2.75) is 52.0 Å². The van der Waals surface area contributed by atoms with Crippen LogP contribution in [0.1, 0.15) is 51.5 Å². The van der Waals surface area contributed by atoms with Crippen LogP contribution < -0.4 is 0 Å². The summed E-state index contributed by atoms with van der Waals surface area (Å²) in [5.74, 6) is -3.90. The van der Waals surface area contributed by atoms with Gasteiger partial charge in [-0.3, -0.25) is 10.1 Å². The lowest BCUT2D eigenvalue weighted by molar-refractivity contribution is -0.385. The molecule has 1 atom stereocenters. The molecule has 10 nitrogen and oxygen atoms in total. The second kappa shape index (κ2) is 11.8. The molecule has 1 aromatic carbocycles. The summed E-state index contributed by atoms with van der Waals surface area (Å²) in [7, 11) is 0. The van der Waals surface area contributed by atoms with Gasteiger partial charge in [-0.05, 0) is 19.3 Å². The fraction of sp³-hybridized carbons (Fsp3) is 0.435. The molecule has 0 saturated heterocycles. The van der Waals surface area contributed by atoms with Crippen LogP contribution in [0, 0.1) is 10.1 Å². The topological polar surface area (TPSA) is 136 Å². The first-order chi connectivity index (χ1) is 15.8. The molecule has 1 heterocycles. The molecule has 2 rings (SSSR count). The highest BCUT2D eigenvalue weighted by Crippen LogP contribution is 2.41. The number of carboxylic acid groups (broad SMARTS) is 1. The Balaban J connectivity index is 2.74. The molecule has 1 N–H and O–H groups in total. The van der Waals surface area contributed by atoms with Gasteiger partial charge < -0.3 is 19.5 Å². The SMILES string of the molecule is CCCOC(=O)C1=CN(C(CC)C(=O)O)C=C(C(=O)OCCC)C1c1ccccc1[N+](=O)[O-]. The van der Waals surface area contributed by atoms with Crippen LogP contribution in [0.25, 0.3) is 0 Å². The van der Waals surface area contributed by atoms with Gasteiger partial charge in [-0.1, -0.05) is 39.0 Å². The minimum atomic E-state index is -1.16. The third-order valence-electron chi connectivity index (χ3n) is 5.02. The van der Waals surface area contributed by atoms with E-state index in [4.69, 9.17) is 9.47 Å². The molecule has 33 heavy (non-hydrogen) atoms. The number of nitrogens with zero attached hydrogens (tertiary/aromatic N) is 2. The van der Waals surface area contributed by atoms with E-state index in [1.807, 2.05) is 0 Å². The Hall–Kier alpha value is -3.69. The average Bonchev–Trinajstić information content (AvgIpc) is 2.80. The van der Waals surface area contributed by atoms with E-state index in [-0.39, 0.29) is 42.0 Å². The molecule has 1 aliphatic rings. The summed E-state index contributed by atoms with van der Waals surface area (Å²) in [4.78, 5) is 50.2. The van der Waals surface area contributed by atoms with Gasteiger partial charge in [-0.25, -0.2) is 14.4 Å². The van der Waals surface area contributed by atoms with Crippen molar-refractivity contribution < 1.29 is 33.9 Å². The van der Waals surface area contributed by atoms with E-state index in [0.717, 1.165) is 0 Å². The number of benzene rings is 1. The van der Waals surface area contributed by atoms with Gasteiger partial charge in [-0.15, -0.1) is 0 Å². The van der Waals surface area contributed by atoms with E-state index in [0.29, 0.717) is 12.8 Å². The molecule has 0 aromatic heterocycles. The molecule has 0 aliphatic carbocycles. The first-order valence-corrected chi connectivity index (χ1v) is 10.8. The van der Waals surface area contributed by atoms with Gasteiger partial charge in [0.2, 0.25) is 0 Å². The summed E-state index contributed by atoms with van der Waals surface area (Å²) >= 11 is 0. The van der Waals surface area contributed by atoms with Gasteiger partial charge in [-0.2, -0.15) is 0 Å². The third kappa shape index (κ3) is 5.97. The van der Waals surface area contributed by atoms with E-state index in [2.05, 4.69) is 0 Å². The van der Waals surface area contributed by atoms with Crippen molar-refractivity contribution in [1.29, 1.82) is 0 Å². The summed E-state index contributed by atoms with van der Waals surface area (Å²) < 4.78 is 10.6. The van der Waals surface area contributed by atoms with Crippen LogP contribution in [0.5, 0.6) is 0 Å². The van der Waals surface area contributed by atoms with Crippen LogP contribution in [0.15, 0.2) is 47.8 Å². The molecule has 178 valence electrons.